The summed E-state index contributed by atoms with van der Waals surface area (Å²) in [4.78, 5) is 54.3. The van der Waals surface area contributed by atoms with Gasteiger partial charge in [0.25, 0.3) is 0 Å². The summed E-state index contributed by atoms with van der Waals surface area (Å²) in [7, 11) is 0. The average Bonchev–Trinajstić information content (AvgIpc) is 3.41. The zero-order chi connectivity index (χ0) is 26.2. The minimum Gasteiger partial charge on any atom is -0.458 e. The minimum atomic E-state index is -2.41. The molecule has 6 unspecified atom stereocenters. The van der Waals surface area contributed by atoms with E-state index in [0.29, 0.717) is 12.8 Å². The molecule has 10 heteroatoms. The zero-order valence-corrected chi connectivity index (χ0v) is 20.9. The highest BCUT2D eigenvalue weighted by atomic mass is 16.7. The lowest BCUT2D eigenvalue weighted by molar-refractivity contribution is -0.345. The number of allylic oxidation sites excluding steroid dienone is 1. The van der Waals surface area contributed by atoms with E-state index < -0.39 is 80.6 Å². The van der Waals surface area contributed by atoms with Crippen molar-refractivity contribution in [2.75, 3.05) is 0 Å². The molecule has 0 aromatic rings. The predicted octanol–water partition coefficient (Wildman–Crippen LogP) is 0.504. The fraction of sp³-hybridized carbons (Fsp3) is 0.778. The maximum absolute atomic E-state index is 14.5. The van der Waals surface area contributed by atoms with Crippen molar-refractivity contribution in [3.63, 3.8) is 0 Å². The van der Waals surface area contributed by atoms with Crippen molar-refractivity contribution in [1.82, 2.24) is 0 Å². The van der Waals surface area contributed by atoms with Crippen LogP contribution in [-0.4, -0.2) is 74.1 Å². The van der Waals surface area contributed by atoms with E-state index in [1.807, 2.05) is 6.92 Å². The van der Waals surface area contributed by atoms with E-state index in [1.54, 1.807) is 13.0 Å². The number of rotatable bonds is 0. The lowest BCUT2D eigenvalue weighted by Crippen LogP contribution is -2.77. The van der Waals surface area contributed by atoms with Crippen LogP contribution >= 0.6 is 0 Å². The van der Waals surface area contributed by atoms with Crippen molar-refractivity contribution in [1.29, 1.82) is 0 Å². The number of carbonyl (C=O) groups excluding carboxylic acids is 4. The van der Waals surface area contributed by atoms with Gasteiger partial charge in [0.05, 0.1) is 23.9 Å². The van der Waals surface area contributed by atoms with Crippen LogP contribution in [0.1, 0.15) is 59.3 Å². The van der Waals surface area contributed by atoms with Crippen LogP contribution in [0.4, 0.5) is 0 Å². The van der Waals surface area contributed by atoms with E-state index in [0.717, 1.165) is 0 Å². The van der Waals surface area contributed by atoms with Crippen LogP contribution in [0.5, 0.6) is 0 Å². The Bertz CT molecular complexity index is 1280. The number of esters is 2. The molecule has 37 heavy (non-hydrogen) atoms. The molecule has 0 radical (unpaired) electrons. The van der Waals surface area contributed by atoms with Gasteiger partial charge in [-0.15, -0.1) is 0 Å². The number of epoxide rings is 1. The number of ketones is 2. The van der Waals surface area contributed by atoms with Crippen molar-refractivity contribution in [3.8, 4) is 0 Å². The van der Waals surface area contributed by atoms with E-state index >= 15 is 0 Å². The van der Waals surface area contributed by atoms with E-state index in [1.165, 1.54) is 13.0 Å². The van der Waals surface area contributed by atoms with Crippen molar-refractivity contribution in [2.45, 2.75) is 99.7 Å². The summed E-state index contributed by atoms with van der Waals surface area (Å²) in [5.41, 5.74) is -8.79. The molecule has 8 rings (SSSR count). The van der Waals surface area contributed by atoms with E-state index in [9.17, 15) is 29.4 Å². The summed E-state index contributed by atoms with van der Waals surface area (Å²) in [6, 6.07) is 0. The van der Waals surface area contributed by atoms with Gasteiger partial charge in [0.1, 0.15) is 11.7 Å². The molecule has 0 amide bonds. The molecule has 5 saturated heterocycles. The summed E-state index contributed by atoms with van der Waals surface area (Å²) in [5, 5.41) is 24.6. The van der Waals surface area contributed by atoms with Crippen molar-refractivity contribution in [3.05, 3.63) is 12.2 Å². The van der Waals surface area contributed by atoms with Crippen LogP contribution < -0.4 is 0 Å². The van der Waals surface area contributed by atoms with Gasteiger partial charge in [0.2, 0.25) is 5.79 Å². The quantitative estimate of drug-likeness (QED) is 0.346. The predicted molar refractivity (Wildman–Crippen MR) is 119 cm³/mol. The first-order valence-electron chi connectivity index (χ1n) is 13.2. The maximum atomic E-state index is 14.5. The topological polar surface area (TPSA) is 149 Å². The van der Waals surface area contributed by atoms with Gasteiger partial charge in [-0.25, -0.2) is 4.79 Å². The number of hydrogen-bond acceptors (Lipinski definition) is 10. The van der Waals surface area contributed by atoms with E-state index in [4.69, 9.17) is 18.9 Å². The second-order valence-corrected chi connectivity index (χ2v) is 13.4. The lowest BCUT2D eigenvalue weighted by atomic mass is 9.48. The van der Waals surface area contributed by atoms with Crippen molar-refractivity contribution < 1.29 is 48.3 Å². The van der Waals surface area contributed by atoms with Gasteiger partial charge >= 0.3 is 11.9 Å². The number of carbonyl (C=O) groups is 4. The van der Waals surface area contributed by atoms with Crippen LogP contribution in [-0.2, 0) is 38.1 Å². The molecule has 3 aliphatic carbocycles. The van der Waals surface area contributed by atoms with Crippen LogP contribution in [0.25, 0.3) is 0 Å². The second-order valence-electron chi connectivity index (χ2n) is 13.4. The van der Waals surface area contributed by atoms with Gasteiger partial charge in [-0.05, 0) is 63.4 Å². The molecule has 0 aromatic carbocycles. The Labute approximate surface area is 212 Å². The van der Waals surface area contributed by atoms with E-state index in [2.05, 4.69) is 0 Å². The molecular weight excluding hydrogens is 484 g/mol. The van der Waals surface area contributed by atoms with Crippen LogP contribution in [0.3, 0.4) is 0 Å². The number of Topliss-reactive ketones (excluding diaryl/α,β-unsaturated/α-hetero) is 1. The lowest BCUT2D eigenvalue weighted by Gasteiger charge is -2.60. The molecule has 7 fully saturated rings. The highest BCUT2D eigenvalue weighted by Gasteiger charge is 2.92. The first kappa shape index (κ1) is 22.8. The standard InChI is InChI=1S/C27H30O10/c1-21-10-16(34-17(29)11-21)23(3)27-18(21)19(30)26(33,37-27)13-9-15-25(35-15)7-4-5-14(28)22(25,2)12(13)6-8-24(27,32)20(31)36-23/h4-5,12-13,15-16,18,32-33H,6-11H2,1-3H3/t12?,13?,15?,16-,18?,21?,22+,23+,24+,25?,26-,27+/m1/s1. The number of aliphatic hydroxyl groups is 2. The molecule has 8 aliphatic rings. The fourth-order valence-electron chi connectivity index (χ4n) is 10.2. The Morgan fingerprint density at radius 3 is 2.54 bits per heavy atom. The minimum absolute atomic E-state index is 0.120. The Morgan fingerprint density at radius 1 is 1.03 bits per heavy atom. The third-order valence-electron chi connectivity index (χ3n) is 12.0. The first-order valence-corrected chi connectivity index (χ1v) is 13.2. The molecule has 4 bridgehead atoms. The molecule has 2 saturated carbocycles. The molecule has 5 heterocycles. The summed E-state index contributed by atoms with van der Waals surface area (Å²) < 4.78 is 24.2. The largest absolute Gasteiger partial charge is 0.458 e. The number of fused-ring (bicyclic) bond motifs is 8. The van der Waals surface area contributed by atoms with E-state index in [-0.39, 0.29) is 37.6 Å². The number of ether oxygens (including phenoxy) is 4. The molecular formula is C27H30O10. The Kier molecular flexibility index (Phi) is 3.62. The van der Waals surface area contributed by atoms with Gasteiger partial charge in [0, 0.05) is 5.92 Å². The van der Waals surface area contributed by atoms with Gasteiger partial charge in [-0.1, -0.05) is 13.0 Å². The number of hydrogen-bond donors (Lipinski definition) is 2. The van der Waals surface area contributed by atoms with Crippen LogP contribution in [0.2, 0.25) is 0 Å². The maximum Gasteiger partial charge on any atom is 0.342 e. The zero-order valence-electron chi connectivity index (χ0n) is 20.9. The molecule has 0 aromatic heterocycles. The third kappa shape index (κ3) is 1.98. The molecule has 2 N–H and O–H groups in total. The molecule has 2 spiro atoms. The second kappa shape index (κ2) is 5.88. The Morgan fingerprint density at radius 2 is 1.78 bits per heavy atom. The highest BCUT2D eigenvalue weighted by Crippen LogP contribution is 2.75. The molecule has 12 atom stereocenters. The summed E-state index contributed by atoms with van der Waals surface area (Å²) in [6.45, 7) is 5.10. The van der Waals surface area contributed by atoms with Gasteiger partial charge < -0.3 is 29.2 Å². The molecule has 10 nitrogen and oxygen atoms in total. The van der Waals surface area contributed by atoms with Crippen LogP contribution in [0.15, 0.2) is 12.2 Å². The third-order valence-corrected chi connectivity index (χ3v) is 12.0. The smallest absolute Gasteiger partial charge is 0.342 e. The summed E-state index contributed by atoms with van der Waals surface area (Å²) >= 11 is 0. The molecule has 198 valence electrons. The normalized spacial score (nSPS) is 62.4. The monoisotopic (exact) mass is 514 g/mol. The SMILES string of the molecule is CC12CC(=O)O[C@H](C1)[C@]1(C)OC(=O)[C@@]3(O)CCC4C(CC5OC56CC=CC(=O)[C@]46C)[C@@]4(O)O[C@@]13C2C4=O. The average molecular weight is 515 g/mol. The first-order chi connectivity index (χ1) is 17.2. The summed E-state index contributed by atoms with van der Waals surface area (Å²) in [6.07, 6.45) is 3.02. The van der Waals surface area contributed by atoms with Gasteiger partial charge in [-0.3, -0.25) is 14.4 Å². The van der Waals surface area contributed by atoms with Gasteiger partial charge in [-0.2, -0.15) is 0 Å². The molecule has 5 aliphatic heterocycles. The summed E-state index contributed by atoms with van der Waals surface area (Å²) in [5.74, 6) is -7.36. The highest BCUT2D eigenvalue weighted by molar-refractivity contribution is 6.00. The fourth-order valence-corrected chi connectivity index (χ4v) is 10.2. The van der Waals surface area contributed by atoms with Gasteiger partial charge in [0.15, 0.2) is 28.4 Å². The van der Waals surface area contributed by atoms with Crippen molar-refractivity contribution in [2.24, 2.45) is 28.6 Å². The Balaban J connectivity index is 1.38. The van der Waals surface area contributed by atoms with Crippen LogP contribution in [0, 0.1) is 28.6 Å². The Hall–Kier alpha value is -2.14. The van der Waals surface area contributed by atoms with Crippen molar-refractivity contribution >= 4 is 23.5 Å².